The molecular formula is C14H12F3N3O3S. The normalized spacial score (nSPS) is 11.9. The molecule has 0 saturated heterocycles. The van der Waals surface area contributed by atoms with Crippen molar-refractivity contribution in [2.24, 2.45) is 0 Å². The van der Waals surface area contributed by atoms with Crippen LogP contribution in [0.1, 0.15) is 29.2 Å². The molecule has 1 heterocycles. The molecule has 0 spiro atoms. The lowest BCUT2D eigenvalue weighted by Crippen LogP contribution is -2.30. The van der Waals surface area contributed by atoms with Crippen LogP contribution in [0.25, 0.3) is 0 Å². The van der Waals surface area contributed by atoms with Gasteiger partial charge in [-0.2, -0.15) is 0 Å². The Balaban J connectivity index is 2.05. The van der Waals surface area contributed by atoms with Gasteiger partial charge in [-0.15, -0.1) is 5.10 Å². The van der Waals surface area contributed by atoms with Gasteiger partial charge in [0, 0.05) is 0 Å². The van der Waals surface area contributed by atoms with Crippen LogP contribution in [0.3, 0.4) is 0 Å². The lowest BCUT2D eigenvalue weighted by atomic mass is 10.2. The topological polar surface area (TPSA) is 81.2 Å². The smallest absolute Gasteiger partial charge is 0.352 e. The second-order valence-electron chi connectivity index (χ2n) is 4.66. The van der Waals surface area contributed by atoms with Gasteiger partial charge in [-0.25, -0.2) is 18.0 Å². The molecule has 6 nitrogen and oxygen atoms in total. The van der Waals surface area contributed by atoms with Crippen LogP contribution < -0.4 is 5.32 Å². The lowest BCUT2D eigenvalue weighted by Gasteiger charge is -2.13. The first-order chi connectivity index (χ1) is 11.3. The fourth-order valence-corrected chi connectivity index (χ4v) is 2.35. The first-order valence-corrected chi connectivity index (χ1v) is 7.59. The number of halogens is 3. The molecule has 0 aliphatic rings. The molecule has 0 aliphatic carbocycles. The highest BCUT2D eigenvalue weighted by molar-refractivity contribution is 7.07. The van der Waals surface area contributed by atoms with Crippen LogP contribution >= 0.6 is 11.5 Å². The molecule has 0 unspecified atom stereocenters. The van der Waals surface area contributed by atoms with Crippen molar-refractivity contribution in [2.45, 2.75) is 26.4 Å². The predicted octanol–water partition coefficient (Wildman–Crippen LogP) is 2.70. The van der Waals surface area contributed by atoms with Gasteiger partial charge in [0.15, 0.2) is 28.4 Å². The summed E-state index contributed by atoms with van der Waals surface area (Å²) in [6, 6.07) is 1.53. The number of benzene rings is 1. The Morgan fingerprint density at radius 2 is 2.00 bits per heavy atom. The van der Waals surface area contributed by atoms with E-state index in [9.17, 15) is 22.8 Å². The van der Waals surface area contributed by atoms with E-state index in [0.29, 0.717) is 18.2 Å². The number of carbonyl (C=O) groups is 2. The minimum absolute atomic E-state index is 0.163. The second kappa shape index (κ2) is 7.39. The van der Waals surface area contributed by atoms with Crippen molar-refractivity contribution in [3.8, 4) is 0 Å². The molecule has 1 aromatic carbocycles. The summed E-state index contributed by atoms with van der Waals surface area (Å²) in [5.74, 6) is -6.32. The van der Waals surface area contributed by atoms with Crippen LogP contribution in [-0.2, 0) is 16.0 Å². The zero-order valence-electron chi connectivity index (χ0n) is 12.6. The Labute approximate surface area is 138 Å². The summed E-state index contributed by atoms with van der Waals surface area (Å²) in [5, 5.41) is 5.78. The summed E-state index contributed by atoms with van der Waals surface area (Å²) in [4.78, 5) is 24.0. The number of nitrogens with one attached hydrogen (secondary N) is 1. The minimum atomic E-state index is -1.71. The molecule has 0 aliphatic heterocycles. The van der Waals surface area contributed by atoms with E-state index in [4.69, 9.17) is 4.74 Å². The first-order valence-electron chi connectivity index (χ1n) is 6.81. The number of rotatable bonds is 5. The summed E-state index contributed by atoms with van der Waals surface area (Å²) in [7, 11) is 0. The molecule has 0 radical (unpaired) electrons. The van der Waals surface area contributed by atoms with E-state index in [-0.39, 0.29) is 4.88 Å². The third kappa shape index (κ3) is 3.70. The standard InChI is InChI=1S/C14H12F3N3O3S/c1-3-8-12(24-20-19-8)14(22)23-6(2)13(21)18-9-5-4-7(15)10(16)11(9)17/h4-6H,3H2,1-2H3,(H,18,21)/t6-/m0/s1. The number of ether oxygens (including phenoxy) is 1. The second-order valence-corrected chi connectivity index (χ2v) is 5.42. The number of esters is 1. The monoisotopic (exact) mass is 359 g/mol. The summed E-state index contributed by atoms with van der Waals surface area (Å²) >= 11 is 0.827. The van der Waals surface area contributed by atoms with Gasteiger partial charge in [0.05, 0.1) is 11.4 Å². The molecular weight excluding hydrogens is 347 g/mol. The molecule has 24 heavy (non-hydrogen) atoms. The number of amides is 1. The maximum absolute atomic E-state index is 13.5. The zero-order valence-corrected chi connectivity index (χ0v) is 13.4. The average molecular weight is 359 g/mol. The van der Waals surface area contributed by atoms with Crippen molar-refractivity contribution >= 4 is 29.1 Å². The number of nitrogens with zero attached hydrogens (tertiary/aromatic N) is 2. The molecule has 128 valence electrons. The zero-order chi connectivity index (χ0) is 17.9. The molecule has 0 bridgehead atoms. The number of anilines is 1. The van der Waals surface area contributed by atoms with Crippen molar-refractivity contribution in [2.75, 3.05) is 5.32 Å². The summed E-state index contributed by atoms with van der Waals surface area (Å²) in [5.41, 5.74) is -0.125. The van der Waals surface area contributed by atoms with Crippen LogP contribution in [0.2, 0.25) is 0 Å². The van der Waals surface area contributed by atoms with Crippen molar-refractivity contribution in [3.63, 3.8) is 0 Å². The van der Waals surface area contributed by atoms with Crippen LogP contribution in [-0.4, -0.2) is 27.6 Å². The van der Waals surface area contributed by atoms with Crippen LogP contribution in [0.15, 0.2) is 12.1 Å². The van der Waals surface area contributed by atoms with Crippen molar-refractivity contribution in [1.29, 1.82) is 0 Å². The van der Waals surface area contributed by atoms with Gasteiger partial charge in [0.2, 0.25) is 0 Å². The van der Waals surface area contributed by atoms with Gasteiger partial charge in [0.1, 0.15) is 0 Å². The maximum Gasteiger partial charge on any atom is 0.352 e. The van der Waals surface area contributed by atoms with Gasteiger partial charge >= 0.3 is 5.97 Å². The van der Waals surface area contributed by atoms with E-state index in [1.165, 1.54) is 6.92 Å². The van der Waals surface area contributed by atoms with E-state index in [1.54, 1.807) is 6.92 Å². The molecule has 2 rings (SSSR count). The van der Waals surface area contributed by atoms with E-state index >= 15 is 0 Å². The summed E-state index contributed by atoms with van der Waals surface area (Å²) < 4.78 is 48.1. The Morgan fingerprint density at radius 3 is 2.67 bits per heavy atom. The summed E-state index contributed by atoms with van der Waals surface area (Å²) in [6.45, 7) is 3.03. The molecule has 0 fully saturated rings. The molecule has 0 saturated carbocycles. The van der Waals surface area contributed by atoms with E-state index in [2.05, 4.69) is 9.59 Å². The summed E-state index contributed by atoms with van der Waals surface area (Å²) in [6.07, 6.45) is -0.835. The lowest BCUT2D eigenvalue weighted by molar-refractivity contribution is -0.123. The fraction of sp³-hybridized carbons (Fsp3) is 0.286. The number of hydrogen-bond donors (Lipinski definition) is 1. The van der Waals surface area contributed by atoms with Gasteiger partial charge in [-0.05, 0) is 37.0 Å². The third-order valence-electron chi connectivity index (χ3n) is 3.02. The molecule has 10 heteroatoms. The number of hydrogen-bond acceptors (Lipinski definition) is 6. The van der Waals surface area contributed by atoms with Gasteiger partial charge in [0.25, 0.3) is 5.91 Å². The number of aryl methyl sites for hydroxylation is 1. The number of aromatic nitrogens is 2. The molecule has 1 N–H and O–H groups in total. The van der Waals surface area contributed by atoms with E-state index in [1.807, 2.05) is 5.32 Å². The van der Waals surface area contributed by atoms with Gasteiger partial charge < -0.3 is 10.1 Å². The Kier molecular flexibility index (Phi) is 5.50. The van der Waals surface area contributed by atoms with Crippen molar-refractivity contribution in [3.05, 3.63) is 40.2 Å². The Morgan fingerprint density at radius 1 is 1.29 bits per heavy atom. The Bertz CT molecular complexity index is 782. The van der Waals surface area contributed by atoms with Gasteiger partial charge in [-0.1, -0.05) is 11.4 Å². The largest absolute Gasteiger partial charge is 0.448 e. The van der Waals surface area contributed by atoms with Crippen LogP contribution in [0, 0.1) is 17.5 Å². The highest BCUT2D eigenvalue weighted by atomic mass is 32.1. The van der Waals surface area contributed by atoms with Gasteiger partial charge in [-0.3, -0.25) is 4.79 Å². The third-order valence-corrected chi connectivity index (χ3v) is 3.77. The molecule has 2 aromatic rings. The maximum atomic E-state index is 13.5. The highest BCUT2D eigenvalue weighted by Crippen LogP contribution is 2.20. The molecule has 1 atom stereocenters. The van der Waals surface area contributed by atoms with E-state index < -0.39 is 41.1 Å². The van der Waals surface area contributed by atoms with Crippen LogP contribution in [0.4, 0.5) is 18.9 Å². The van der Waals surface area contributed by atoms with Crippen molar-refractivity contribution < 1.29 is 27.5 Å². The minimum Gasteiger partial charge on any atom is -0.448 e. The highest BCUT2D eigenvalue weighted by Gasteiger charge is 2.24. The molecule has 1 amide bonds. The number of carbonyl (C=O) groups excluding carboxylic acids is 2. The average Bonchev–Trinajstić information content (AvgIpc) is 3.04. The Hall–Kier alpha value is -2.49. The first kappa shape index (κ1) is 17.9. The molecule has 1 aromatic heterocycles. The van der Waals surface area contributed by atoms with E-state index in [0.717, 1.165) is 17.6 Å². The SMILES string of the molecule is CCc1nnsc1C(=O)O[C@@H](C)C(=O)Nc1ccc(F)c(F)c1F. The quantitative estimate of drug-likeness (QED) is 0.656. The van der Waals surface area contributed by atoms with Crippen LogP contribution in [0.5, 0.6) is 0 Å². The van der Waals surface area contributed by atoms with Crippen molar-refractivity contribution in [1.82, 2.24) is 9.59 Å². The predicted molar refractivity (Wildman–Crippen MR) is 79.1 cm³/mol. The fourth-order valence-electron chi connectivity index (χ4n) is 1.72.